The van der Waals surface area contributed by atoms with Gasteiger partial charge in [-0.15, -0.1) is 0 Å². The lowest BCUT2D eigenvalue weighted by Crippen LogP contribution is -2.39. The van der Waals surface area contributed by atoms with Crippen LogP contribution in [0.4, 0.5) is 4.39 Å². The lowest BCUT2D eigenvalue weighted by Gasteiger charge is -2.32. The highest BCUT2D eigenvalue weighted by molar-refractivity contribution is 5.16. The van der Waals surface area contributed by atoms with E-state index >= 15 is 0 Å². The van der Waals surface area contributed by atoms with Gasteiger partial charge in [-0.1, -0.05) is 18.2 Å². The number of aliphatic hydroxyl groups is 1. The van der Waals surface area contributed by atoms with Crippen LogP contribution in [0.1, 0.15) is 29.9 Å². The molecule has 0 unspecified atom stereocenters. The second kappa shape index (κ2) is 8.37. The summed E-state index contributed by atoms with van der Waals surface area (Å²) in [6, 6.07) is 6.55. The van der Waals surface area contributed by atoms with E-state index < -0.39 is 6.10 Å². The molecule has 1 aromatic heterocycles. The lowest BCUT2D eigenvalue weighted by atomic mass is 9.91. The van der Waals surface area contributed by atoms with Gasteiger partial charge in [0, 0.05) is 18.3 Å². The summed E-state index contributed by atoms with van der Waals surface area (Å²) < 4.78 is 18.9. The number of halogens is 1. The lowest BCUT2D eigenvalue weighted by molar-refractivity contribution is 0.00550. The van der Waals surface area contributed by atoms with Crippen molar-refractivity contribution in [2.75, 3.05) is 26.2 Å². The third kappa shape index (κ3) is 4.63. The van der Waals surface area contributed by atoms with Crippen LogP contribution in [-0.2, 0) is 11.3 Å². The monoisotopic (exact) mass is 333 g/mol. The van der Waals surface area contributed by atoms with E-state index in [2.05, 4.69) is 15.1 Å². The van der Waals surface area contributed by atoms with Crippen LogP contribution >= 0.6 is 0 Å². The average Bonchev–Trinajstić information content (AvgIpc) is 3.12. The van der Waals surface area contributed by atoms with E-state index in [1.54, 1.807) is 18.2 Å². The summed E-state index contributed by atoms with van der Waals surface area (Å²) in [7, 11) is 0. The van der Waals surface area contributed by atoms with Gasteiger partial charge in [-0.3, -0.25) is 5.10 Å². The normalized spacial score (nSPS) is 17.9. The van der Waals surface area contributed by atoms with E-state index in [1.807, 2.05) is 12.4 Å². The number of aliphatic hydroxyl groups excluding tert-OH is 1. The van der Waals surface area contributed by atoms with Crippen LogP contribution in [0.25, 0.3) is 0 Å². The Morgan fingerprint density at radius 1 is 1.33 bits per heavy atom. The molecular weight excluding hydrogens is 309 g/mol. The van der Waals surface area contributed by atoms with E-state index in [0.717, 1.165) is 25.9 Å². The maximum atomic E-state index is 13.5. The van der Waals surface area contributed by atoms with Gasteiger partial charge in [0.2, 0.25) is 0 Å². The molecule has 6 heteroatoms. The molecule has 1 atom stereocenters. The Bertz CT molecular complexity index is 612. The van der Waals surface area contributed by atoms with Crippen LogP contribution in [-0.4, -0.2) is 52.5 Å². The molecule has 3 rings (SSSR count). The molecule has 2 heterocycles. The van der Waals surface area contributed by atoms with Crippen molar-refractivity contribution >= 4 is 0 Å². The number of aromatic amines is 1. The van der Waals surface area contributed by atoms with Gasteiger partial charge >= 0.3 is 0 Å². The molecule has 24 heavy (non-hydrogen) atoms. The van der Waals surface area contributed by atoms with Crippen molar-refractivity contribution < 1.29 is 14.2 Å². The number of likely N-dealkylation sites (tertiary alicyclic amines) is 1. The van der Waals surface area contributed by atoms with E-state index in [9.17, 15) is 9.50 Å². The number of piperidine rings is 1. The van der Waals surface area contributed by atoms with Gasteiger partial charge in [-0.2, -0.15) is 5.10 Å². The van der Waals surface area contributed by atoms with Gasteiger partial charge in [-0.25, -0.2) is 4.39 Å². The molecule has 2 aromatic rings. The Kier molecular flexibility index (Phi) is 5.96. The Morgan fingerprint density at radius 3 is 2.83 bits per heavy atom. The minimum atomic E-state index is -0.553. The number of hydrogen-bond donors (Lipinski definition) is 2. The van der Waals surface area contributed by atoms with E-state index in [0.29, 0.717) is 18.0 Å². The van der Waals surface area contributed by atoms with Gasteiger partial charge in [0.15, 0.2) is 0 Å². The highest BCUT2D eigenvalue weighted by atomic mass is 19.1. The molecule has 130 valence electrons. The molecule has 0 radical (unpaired) electrons. The number of ether oxygens (including phenoxy) is 1. The van der Waals surface area contributed by atoms with Crippen molar-refractivity contribution in [3.8, 4) is 0 Å². The first-order valence-corrected chi connectivity index (χ1v) is 8.42. The SMILES string of the molecule is O[C@@H](COCc1ccccc1F)CN1CCC(c2cn[nH]c2)CC1. The minimum absolute atomic E-state index is 0.187. The summed E-state index contributed by atoms with van der Waals surface area (Å²) in [5.74, 6) is 0.280. The number of aromatic nitrogens is 2. The summed E-state index contributed by atoms with van der Waals surface area (Å²) in [6.45, 7) is 2.91. The van der Waals surface area contributed by atoms with Crippen molar-refractivity contribution in [1.82, 2.24) is 15.1 Å². The van der Waals surface area contributed by atoms with Crippen LogP contribution in [0.15, 0.2) is 36.7 Å². The molecule has 1 aliphatic heterocycles. The summed E-state index contributed by atoms with van der Waals surface area (Å²) >= 11 is 0. The fraction of sp³-hybridized carbons (Fsp3) is 0.500. The zero-order chi connectivity index (χ0) is 16.8. The molecule has 2 N–H and O–H groups in total. The largest absolute Gasteiger partial charge is 0.389 e. The van der Waals surface area contributed by atoms with Crippen molar-refractivity contribution in [1.29, 1.82) is 0 Å². The summed E-state index contributed by atoms with van der Waals surface area (Å²) in [6.07, 6.45) is 5.45. The first kappa shape index (κ1) is 17.1. The van der Waals surface area contributed by atoms with Crippen LogP contribution in [0.3, 0.4) is 0 Å². The van der Waals surface area contributed by atoms with E-state index in [1.165, 1.54) is 11.6 Å². The van der Waals surface area contributed by atoms with Crippen LogP contribution in [0, 0.1) is 5.82 Å². The van der Waals surface area contributed by atoms with Crippen molar-refractivity contribution in [2.24, 2.45) is 0 Å². The molecule has 0 bridgehead atoms. The first-order chi connectivity index (χ1) is 11.7. The maximum absolute atomic E-state index is 13.5. The predicted molar refractivity (Wildman–Crippen MR) is 89.1 cm³/mol. The summed E-state index contributed by atoms with van der Waals surface area (Å²) in [5.41, 5.74) is 1.79. The highest BCUT2D eigenvalue weighted by Crippen LogP contribution is 2.27. The zero-order valence-corrected chi connectivity index (χ0v) is 13.7. The van der Waals surface area contributed by atoms with E-state index in [-0.39, 0.29) is 19.0 Å². The Labute approximate surface area is 141 Å². The number of hydrogen-bond acceptors (Lipinski definition) is 4. The van der Waals surface area contributed by atoms with Crippen molar-refractivity contribution in [3.63, 3.8) is 0 Å². The predicted octanol–water partition coefficient (Wildman–Crippen LogP) is 2.31. The molecule has 5 nitrogen and oxygen atoms in total. The summed E-state index contributed by atoms with van der Waals surface area (Å²) in [5, 5.41) is 17.0. The molecule has 1 fully saturated rings. The van der Waals surface area contributed by atoms with Gasteiger partial charge in [0.05, 0.1) is 25.5 Å². The number of nitrogens with one attached hydrogen (secondary N) is 1. The smallest absolute Gasteiger partial charge is 0.128 e. The van der Waals surface area contributed by atoms with Crippen LogP contribution in [0.5, 0.6) is 0 Å². The number of benzene rings is 1. The minimum Gasteiger partial charge on any atom is -0.389 e. The Hall–Kier alpha value is -1.76. The highest BCUT2D eigenvalue weighted by Gasteiger charge is 2.22. The molecular formula is C18H24FN3O2. The number of H-pyrrole nitrogens is 1. The van der Waals surface area contributed by atoms with Gasteiger partial charge in [0.25, 0.3) is 0 Å². The second-order valence-corrected chi connectivity index (χ2v) is 6.37. The van der Waals surface area contributed by atoms with Gasteiger partial charge < -0.3 is 14.7 Å². The first-order valence-electron chi connectivity index (χ1n) is 8.42. The van der Waals surface area contributed by atoms with Gasteiger partial charge in [-0.05, 0) is 43.5 Å². The molecule has 0 aliphatic carbocycles. The van der Waals surface area contributed by atoms with Gasteiger partial charge in [0.1, 0.15) is 5.82 Å². The topological polar surface area (TPSA) is 61.4 Å². The Balaban J connectivity index is 1.35. The number of β-amino-alcohol motifs (C(OH)–C–C–N with tert-alkyl or cyclic N) is 1. The molecule has 1 saturated heterocycles. The van der Waals surface area contributed by atoms with E-state index in [4.69, 9.17) is 4.74 Å². The second-order valence-electron chi connectivity index (χ2n) is 6.37. The molecule has 0 saturated carbocycles. The third-order valence-electron chi connectivity index (χ3n) is 4.57. The number of nitrogens with zero attached hydrogens (tertiary/aromatic N) is 2. The summed E-state index contributed by atoms with van der Waals surface area (Å²) in [4.78, 5) is 2.26. The van der Waals surface area contributed by atoms with Crippen molar-refractivity contribution in [2.45, 2.75) is 31.5 Å². The fourth-order valence-electron chi connectivity index (χ4n) is 3.20. The standard InChI is InChI=1S/C18H24FN3O2/c19-18-4-2-1-3-15(18)12-24-13-17(23)11-22-7-5-14(6-8-22)16-9-20-21-10-16/h1-4,9-10,14,17,23H,5-8,11-13H2,(H,20,21)/t17-/m1/s1. The zero-order valence-electron chi connectivity index (χ0n) is 13.7. The quantitative estimate of drug-likeness (QED) is 0.816. The van der Waals surface area contributed by atoms with Crippen molar-refractivity contribution in [3.05, 3.63) is 53.6 Å². The maximum Gasteiger partial charge on any atom is 0.128 e. The average molecular weight is 333 g/mol. The molecule has 0 amide bonds. The number of rotatable bonds is 7. The van der Waals surface area contributed by atoms with Crippen LogP contribution in [0.2, 0.25) is 0 Å². The Morgan fingerprint density at radius 2 is 2.12 bits per heavy atom. The fourth-order valence-corrected chi connectivity index (χ4v) is 3.20. The van der Waals surface area contributed by atoms with Crippen LogP contribution < -0.4 is 0 Å². The third-order valence-corrected chi connectivity index (χ3v) is 4.57. The molecule has 1 aromatic carbocycles. The molecule has 0 spiro atoms. The molecule has 1 aliphatic rings.